The van der Waals surface area contributed by atoms with Gasteiger partial charge in [0.1, 0.15) is 0 Å². The fourth-order valence-electron chi connectivity index (χ4n) is 3.14. The molecule has 158 valence electrons. The summed E-state index contributed by atoms with van der Waals surface area (Å²) in [5.74, 6) is -0.0572. The normalized spacial score (nSPS) is 15.4. The highest BCUT2D eigenvalue weighted by Crippen LogP contribution is 2.26. The van der Waals surface area contributed by atoms with Crippen LogP contribution in [0, 0.1) is 6.92 Å². The van der Waals surface area contributed by atoms with Gasteiger partial charge in [0.25, 0.3) is 0 Å². The second-order valence-electron chi connectivity index (χ2n) is 7.03. The number of nitrogens with zero attached hydrogens (tertiary/aromatic N) is 2. The zero-order chi connectivity index (χ0) is 20.6. The van der Waals surface area contributed by atoms with Crippen molar-refractivity contribution in [2.24, 2.45) is 0 Å². The highest BCUT2D eigenvalue weighted by atomic mass is 35.5. The number of amides is 1. The molecule has 0 atom stereocenters. The first kappa shape index (κ1) is 22.9. The van der Waals surface area contributed by atoms with Crippen molar-refractivity contribution >= 4 is 33.2 Å². The zero-order valence-corrected chi connectivity index (χ0v) is 18.2. The summed E-state index contributed by atoms with van der Waals surface area (Å²) in [5, 5.41) is 3.39. The average molecular weight is 432 g/mol. The van der Waals surface area contributed by atoms with Gasteiger partial charge in [-0.15, -0.1) is 0 Å². The Hall–Kier alpha value is -1.35. The van der Waals surface area contributed by atoms with Gasteiger partial charge in [-0.25, -0.2) is 8.42 Å². The van der Waals surface area contributed by atoms with Gasteiger partial charge in [0.15, 0.2) is 0 Å². The zero-order valence-electron chi connectivity index (χ0n) is 16.6. The second-order valence-corrected chi connectivity index (χ2v) is 9.37. The van der Waals surface area contributed by atoms with Crippen LogP contribution in [0.4, 0.5) is 5.69 Å². The van der Waals surface area contributed by atoms with Crippen LogP contribution in [0.2, 0.25) is 5.02 Å². The number of sulfonamides is 1. The van der Waals surface area contributed by atoms with E-state index in [0.717, 1.165) is 44.8 Å². The minimum Gasteiger partial charge on any atom is -0.379 e. The third-order valence-corrected chi connectivity index (χ3v) is 6.10. The molecule has 0 radical (unpaired) electrons. The third kappa shape index (κ3) is 7.58. The highest BCUT2D eigenvalue weighted by Gasteiger charge is 2.19. The summed E-state index contributed by atoms with van der Waals surface area (Å²) in [6.45, 7) is 7.08. The molecule has 1 fully saturated rings. The van der Waals surface area contributed by atoms with Crippen LogP contribution in [0.1, 0.15) is 24.8 Å². The van der Waals surface area contributed by atoms with Gasteiger partial charge in [0, 0.05) is 37.6 Å². The molecular formula is C19H30ClN3O4S. The summed E-state index contributed by atoms with van der Waals surface area (Å²) in [5.41, 5.74) is 1.38. The van der Waals surface area contributed by atoms with Crippen LogP contribution in [-0.2, 0) is 19.6 Å². The SMILES string of the molecule is Cc1ccc(Cl)cc1N(CCCC(=O)NCCCN1CCOCC1)S(C)(=O)=O. The van der Waals surface area contributed by atoms with Crippen molar-refractivity contribution in [2.45, 2.75) is 26.2 Å². The van der Waals surface area contributed by atoms with Crippen LogP contribution in [0.3, 0.4) is 0 Å². The Morgan fingerprint density at radius 2 is 2.00 bits per heavy atom. The Balaban J connectivity index is 1.75. The topological polar surface area (TPSA) is 79.0 Å². The van der Waals surface area contributed by atoms with E-state index >= 15 is 0 Å². The molecule has 1 aromatic rings. The summed E-state index contributed by atoms with van der Waals surface area (Å²) in [6.07, 6.45) is 2.78. The van der Waals surface area contributed by atoms with Crippen molar-refractivity contribution in [1.29, 1.82) is 0 Å². The summed E-state index contributed by atoms with van der Waals surface area (Å²) in [6, 6.07) is 5.16. The number of ether oxygens (including phenoxy) is 1. The molecule has 28 heavy (non-hydrogen) atoms. The number of morpholine rings is 1. The number of halogens is 1. The van der Waals surface area contributed by atoms with Gasteiger partial charge in [-0.05, 0) is 44.0 Å². The molecule has 1 aliphatic heterocycles. The molecule has 0 aromatic heterocycles. The van der Waals surface area contributed by atoms with Crippen molar-refractivity contribution in [1.82, 2.24) is 10.2 Å². The molecule has 0 spiro atoms. The fraction of sp³-hybridized carbons (Fsp3) is 0.632. The molecule has 0 bridgehead atoms. The number of benzene rings is 1. The van der Waals surface area contributed by atoms with E-state index in [0.29, 0.717) is 23.7 Å². The standard InChI is InChI=1S/C19H30ClN3O4S/c1-16-6-7-17(20)15-18(16)23(28(2,25)26)10-3-5-19(24)21-8-4-9-22-11-13-27-14-12-22/h6-7,15H,3-5,8-14H2,1-2H3,(H,21,24). The van der Waals surface area contributed by atoms with Crippen LogP contribution in [0.5, 0.6) is 0 Å². The first-order chi connectivity index (χ1) is 13.3. The average Bonchev–Trinajstić information content (AvgIpc) is 2.64. The van der Waals surface area contributed by atoms with Gasteiger partial charge in [0.2, 0.25) is 15.9 Å². The Morgan fingerprint density at radius 3 is 2.68 bits per heavy atom. The molecule has 1 heterocycles. The summed E-state index contributed by atoms with van der Waals surface area (Å²) >= 11 is 6.03. The van der Waals surface area contributed by atoms with E-state index in [2.05, 4.69) is 10.2 Å². The summed E-state index contributed by atoms with van der Waals surface area (Å²) in [7, 11) is -3.46. The largest absolute Gasteiger partial charge is 0.379 e. The summed E-state index contributed by atoms with van der Waals surface area (Å²) < 4.78 is 31.0. The number of aryl methyl sites for hydroxylation is 1. The third-order valence-electron chi connectivity index (χ3n) is 4.68. The minimum absolute atomic E-state index is 0.0572. The predicted octanol–water partition coefficient (Wildman–Crippen LogP) is 2.03. The van der Waals surface area contributed by atoms with Crippen LogP contribution < -0.4 is 9.62 Å². The molecule has 1 saturated heterocycles. The van der Waals surface area contributed by atoms with Crippen molar-refractivity contribution in [3.05, 3.63) is 28.8 Å². The Morgan fingerprint density at radius 1 is 1.29 bits per heavy atom. The van der Waals surface area contributed by atoms with Gasteiger partial charge in [-0.3, -0.25) is 14.0 Å². The molecule has 0 aliphatic carbocycles. The van der Waals surface area contributed by atoms with Gasteiger partial charge >= 0.3 is 0 Å². The van der Waals surface area contributed by atoms with E-state index in [9.17, 15) is 13.2 Å². The van der Waals surface area contributed by atoms with Crippen molar-refractivity contribution in [3.63, 3.8) is 0 Å². The molecule has 0 unspecified atom stereocenters. The maximum atomic E-state index is 12.2. The molecule has 0 saturated carbocycles. The Bertz CT molecular complexity index is 752. The lowest BCUT2D eigenvalue weighted by Gasteiger charge is -2.26. The monoisotopic (exact) mass is 431 g/mol. The molecule has 1 N–H and O–H groups in total. The number of carbonyl (C=O) groups excluding carboxylic acids is 1. The predicted molar refractivity (Wildman–Crippen MR) is 112 cm³/mol. The van der Waals surface area contributed by atoms with Crippen LogP contribution >= 0.6 is 11.6 Å². The van der Waals surface area contributed by atoms with Gasteiger partial charge < -0.3 is 10.1 Å². The first-order valence-electron chi connectivity index (χ1n) is 9.58. The van der Waals surface area contributed by atoms with Gasteiger partial charge in [-0.2, -0.15) is 0 Å². The maximum absolute atomic E-state index is 12.2. The maximum Gasteiger partial charge on any atom is 0.232 e. The smallest absolute Gasteiger partial charge is 0.232 e. The van der Waals surface area contributed by atoms with Crippen molar-refractivity contribution in [3.8, 4) is 0 Å². The van der Waals surface area contributed by atoms with E-state index in [4.69, 9.17) is 16.3 Å². The lowest BCUT2D eigenvalue weighted by Crippen LogP contribution is -2.38. The molecule has 9 heteroatoms. The number of nitrogens with one attached hydrogen (secondary N) is 1. The van der Waals surface area contributed by atoms with Crippen molar-refractivity contribution < 1.29 is 17.9 Å². The van der Waals surface area contributed by atoms with E-state index in [-0.39, 0.29) is 18.9 Å². The van der Waals surface area contributed by atoms with Gasteiger partial charge in [0.05, 0.1) is 25.2 Å². The van der Waals surface area contributed by atoms with E-state index in [1.54, 1.807) is 18.2 Å². The molecule has 1 aliphatic rings. The number of rotatable bonds is 10. The number of carbonyl (C=O) groups is 1. The Labute approximate surface area is 173 Å². The number of hydrogen-bond donors (Lipinski definition) is 1. The highest BCUT2D eigenvalue weighted by molar-refractivity contribution is 7.92. The van der Waals surface area contributed by atoms with Gasteiger partial charge in [-0.1, -0.05) is 17.7 Å². The Kier molecular flexibility index (Phi) is 9.01. The quantitative estimate of drug-likeness (QED) is 0.573. The van der Waals surface area contributed by atoms with Crippen molar-refractivity contribution in [2.75, 3.05) is 56.5 Å². The van der Waals surface area contributed by atoms with E-state index in [1.807, 2.05) is 6.92 Å². The number of hydrogen-bond acceptors (Lipinski definition) is 5. The van der Waals surface area contributed by atoms with Crippen LogP contribution in [0.15, 0.2) is 18.2 Å². The molecular weight excluding hydrogens is 402 g/mol. The first-order valence-corrected chi connectivity index (χ1v) is 11.8. The van der Waals surface area contributed by atoms with Crippen LogP contribution in [-0.4, -0.2) is 71.4 Å². The molecule has 2 rings (SSSR count). The molecule has 1 amide bonds. The lowest BCUT2D eigenvalue weighted by molar-refractivity contribution is -0.121. The fourth-order valence-corrected chi connectivity index (χ4v) is 4.32. The molecule has 1 aromatic carbocycles. The number of anilines is 1. The lowest BCUT2D eigenvalue weighted by atomic mass is 10.2. The second kappa shape index (κ2) is 11.0. The minimum atomic E-state index is -3.46. The molecule has 7 nitrogen and oxygen atoms in total. The summed E-state index contributed by atoms with van der Waals surface area (Å²) in [4.78, 5) is 14.4. The van der Waals surface area contributed by atoms with Crippen LogP contribution in [0.25, 0.3) is 0 Å². The van der Waals surface area contributed by atoms with E-state index in [1.165, 1.54) is 10.6 Å². The van der Waals surface area contributed by atoms with E-state index < -0.39 is 10.0 Å².